The number of methoxy groups -OCH3 is 1. The zero-order valence-electron chi connectivity index (χ0n) is 19.3. The maximum absolute atomic E-state index is 12.8. The van der Waals surface area contributed by atoms with E-state index >= 15 is 0 Å². The molecule has 1 fully saturated rings. The minimum absolute atomic E-state index is 0.0135. The molecule has 0 spiro atoms. The van der Waals surface area contributed by atoms with Gasteiger partial charge >= 0.3 is 12.0 Å². The van der Waals surface area contributed by atoms with E-state index in [-0.39, 0.29) is 11.5 Å². The number of nitrogens with one attached hydrogen (secondary N) is 2. The summed E-state index contributed by atoms with van der Waals surface area (Å²) >= 11 is 0. The quantitative estimate of drug-likeness (QED) is 0.528. The first-order chi connectivity index (χ1) is 16.5. The number of benzene rings is 1. The SMILES string of the molecule is CCOc1cc([C@H]2NC(=O)NC(CN3CCN(c4ccccn4)CC3)=C2C(=O)OC)ccc1O. The van der Waals surface area contributed by atoms with E-state index in [4.69, 9.17) is 9.47 Å². The molecule has 1 saturated heterocycles. The van der Waals surface area contributed by atoms with Crippen LogP contribution in [-0.4, -0.2) is 73.4 Å². The van der Waals surface area contributed by atoms with Gasteiger partial charge in [-0.05, 0) is 36.8 Å². The summed E-state index contributed by atoms with van der Waals surface area (Å²) in [5.74, 6) is 0.666. The number of urea groups is 1. The molecule has 4 rings (SSSR count). The van der Waals surface area contributed by atoms with Gasteiger partial charge in [0.05, 0.1) is 25.3 Å². The van der Waals surface area contributed by atoms with Gasteiger partial charge < -0.3 is 30.1 Å². The number of ether oxygens (including phenoxy) is 2. The maximum Gasteiger partial charge on any atom is 0.338 e. The third kappa shape index (κ3) is 5.07. The lowest BCUT2D eigenvalue weighted by Gasteiger charge is -2.37. The van der Waals surface area contributed by atoms with Crippen LogP contribution >= 0.6 is 0 Å². The molecule has 0 unspecified atom stereocenters. The van der Waals surface area contributed by atoms with Crippen LogP contribution in [0.5, 0.6) is 11.5 Å². The molecule has 10 nitrogen and oxygen atoms in total. The van der Waals surface area contributed by atoms with Crippen LogP contribution in [-0.2, 0) is 9.53 Å². The smallest absolute Gasteiger partial charge is 0.338 e. The number of hydrogen-bond acceptors (Lipinski definition) is 8. The summed E-state index contributed by atoms with van der Waals surface area (Å²) < 4.78 is 10.6. The third-order valence-corrected chi connectivity index (χ3v) is 5.90. The molecule has 0 aliphatic carbocycles. The first-order valence-corrected chi connectivity index (χ1v) is 11.2. The van der Waals surface area contributed by atoms with Crippen molar-refractivity contribution in [1.82, 2.24) is 20.5 Å². The molecule has 2 amide bonds. The number of amides is 2. The standard InChI is InChI=1S/C24H29N5O5/c1-3-34-19-14-16(7-8-18(19)30)22-21(23(31)33-2)17(26-24(32)27-22)15-28-10-12-29(13-11-28)20-6-4-5-9-25-20/h4-9,14,22,30H,3,10-13,15H2,1-2H3,(H2,26,27,32)/t22-/m1/s1. The lowest BCUT2D eigenvalue weighted by Crippen LogP contribution is -2.51. The highest BCUT2D eigenvalue weighted by Gasteiger charge is 2.35. The van der Waals surface area contributed by atoms with Crippen LogP contribution in [0.4, 0.5) is 10.6 Å². The molecule has 180 valence electrons. The number of phenols is 1. The molecule has 10 heteroatoms. The van der Waals surface area contributed by atoms with Gasteiger partial charge in [-0.1, -0.05) is 12.1 Å². The minimum atomic E-state index is -0.745. The molecule has 3 N–H and O–H groups in total. The zero-order valence-corrected chi connectivity index (χ0v) is 19.3. The number of piperazine rings is 1. The molecule has 0 saturated carbocycles. The Hall–Kier alpha value is -3.79. The Balaban J connectivity index is 1.58. The van der Waals surface area contributed by atoms with Crippen molar-refractivity contribution in [3.63, 3.8) is 0 Å². The molecule has 0 bridgehead atoms. The van der Waals surface area contributed by atoms with Gasteiger partial charge in [-0.3, -0.25) is 4.90 Å². The van der Waals surface area contributed by atoms with Gasteiger partial charge in [0, 0.05) is 44.6 Å². The summed E-state index contributed by atoms with van der Waals surface area (Å²) in [6, 6.07) is 9.45. The van der Waals surface area contributed by atoms with Gasteiger partial charge in [-0.2, -0.15) is 0 Å². The Bertz CT molecular complexity index is 1070. The van der Waals surface area contributed by atoms with E-state index < -0.39 is 18.0 Å². The summed E-state index contributed by atoms with van der Waals surface area (Å²) in [6.07, 6.45) is 1.78. The van der Waals surface area contributed by atoms with E-state index in [1.807, 2.05) is 25.1 Å². The molecule has 2 aromatic rings. The Morgan fingerprint density at radius 2 is 2.00 bits per heavy atom. The van der Waals surface area contributed by atoms with E-state index in [2.05, 4.69) is 25.4 Å². The lowest BCUT2D eigenvalue weighted by atomic mass is 9.94. The van der Waals surface area contributed by atoms with E-state index in [0.29, 0.717) is 30.0 Å². The number of carbonyl (C=O) groups excluding carboxylic acids is 2. The maximum atomic E-state index is 12.8. The van der Waals surface area contributed by atoms with Gasteiger partial charge in [0.15, 0.2) is 11.5 Å². The van der Waals surface area contributed by atoms with Crippen molar-refractivity contribution in [3.05, 3.63) is 59.4 Å². The van der Waals surface area contributed by atoms with Gasteiger partial charge in [-0.25, -0.2) is 14.6 Å². The minimum Gasteiger partial charge on any atom is -0.504 e. The molecule has 3 heterocycles. The highest BCUT2D eigenvalue weighted by molar-refractivity contribution is 5.95. The molecule has 2 aliphatic rings. The van der Waals surface area contributed by atoms with Crippen molar-refractivity contribution in [1.29, 1.82) is 0 Å². The number of esters is 1. The Morgan fingerprint density at radius 3 is 2.68 bits per heavy atom. The number of pyridine rings is 1. The van der Waals surface area contributed by atoms with E-state index in [9.17, 15) is 14.7 Å². The average Bonchev–Trinajstić information content (AvgIpc) is 2.86. The first kappa shape index (κ1) is 23.4. The second kappa shape index (κ2) is 10.4. The molecule has 1 atom stereocenters. The Labute approximate surface area is 198 Å². The highest BCUT2D eigenvalue weighted by atomic mass is 16.5. The van der Waals surface area contributed by atoms with E-state index in [0.717, 1.165) is 32.0 Å². The van der Waals surface area contributed by atoms with Crippen molar-refractivity contribution in [2.24, 2.45) is 0 Å². The molecule has 1 aromatic carbocycles. The molecular weight excluding hydrogens is 438 g/mol. The summed E-state index contributed by atoms with van der Waals surface area (Å²) in [6.45, 7) is 5.62. The van der Waals surface area contributed by atoms with Crippen LogP contribution in [0.3, 0.4) is 0 Å². The average molecular weight is 468 g/mol. The fourth-order valence-electron chi connectivity index (χ4n) is 4.22. The van der Waals surface area contributed by atoms with Crippen molar-refractivity contribution in [2.75, 3.05) is 51.3 Å². The Kier molecular flexibility index (Phi) is 7.17. The van der Waals surface area contributed by atoms with Crippen LogP contribution in [0.25, 0.3) is 0 Å². The number of phenolic OH excluding ortho intramolecular Hbond substituents is 1. The monoisotopic (exact) mass is 467 g/mol. The Morgan fingerprint density at radius 1 is 1.21 bits per heavy atom. The summed E-state index contributed by atoms with van der Waals surface area (Å²) in [7, 11) is 1.31. The number of aromatic nitrogens is 1. The van der Waals surface area contributed by atoms with Crippen LogP contribution in [0.2, 0.25) is 0 Å². The number of rotatable bonds is 7. The van der Waals surface area contributed by atoms with Crippen LogP contribution in [0.15, 0.2) is 53.9 Å². The fourth-order valence-corrected chi connectivity index (χ4v) is 4.22. The van der Waals surface area contributed by atoms with Crippen molar-refractivity contribution < 1.29 is 24.2 Å². The van der Waals surface area contributed by atoms with Gasteiger partial charge in [-0.15, -0.1) is 0 Å². The van der Waals surface area contributed by atoms with Gasteiger partial charge in [0.1, 0.15) is 5.82 Å². The normalized spacial score (nSPS) is 18.8. The number of anilines is 1. The van der Waals surface area contributed by atoms with Crippen molar-refractivity contribution in [3.8, 4) is 11.5 Å². The molecule has 2 aliphatic heterocycles. The highest BCUT2D eigenvalue weighted by Crippen LogP contribution is 2.34. The summed E-state index contributed by atoms with van der Waals surface area (Å²) in [5, 5.41) is 15.7. The van der Waals surface area contributed by atoms with E-state index in [1.54, 1.807) is 18.3 Å². The number of nitrogens with zero attached hydrogens (tertiary/aromatic N) is 3. The number of hydrogen-bond donors (Lipinski definition) is 3. The topological polar surface area (TPSA) is 116 Å². The molecular formula is C24H29N5O5. The predicted octanol–water partition coefficient (Wildman–Crippen LogP) is 1.79. The molecule has 34 heavy (non-hydrogen) atoms. The second-order valence-corrected chi connectivity index (χ2v) is 8.03. The summed E-state index contributed by atoms with van der Waals surface area (Å²) in [5.41, 5.74) is 1.43. The largest absolute Gasteiger partial charge is 0.504 e. The summed E-state index contributed by atoms with van der Waals surface area (Å²) in [4.78, 5) is 34.2. The lowest BCUT2D eigenvalue weighted by molar-refractivity contribution is -0.136. The first-order valence-electron chi connectivity index (χ1n) is 11.2. The van der Waals surface area contributed by atoms with Gasteiger partial charge in [0.2, 0.25) is 0 Å². The van der Waals surface area contributed by atoms with E-state index in [1.165, 1.54) is 13.2 Å². The number of carbonyl (C=O) groups is 2. The van der Waals surface area contributed by atoms with Gasteiger partial charge in [0.25, 0.3) is 0 Å². The second-order valence-electron chi connectivity index (χ2n) is 8.03. The van der Waals surface area contributed by atoms with Crippen LogP contribution < -0.4 is 20.3 Å². The van der Waals surface area contributed by atoms with Crippen LogP contribution in [0.1, 0.15) is 18.5 Å². The van der Waals surface area contributed by atoms with Crippen molar-refractivity contribution in [2.45, 2.75) is 13.0 Å². The van der Waals surface area contributed by atoms with Crippen molar-refractivity contribution >= 4 is 17.8 Å². The molecule has 1 aromatic heterocycles. The third-order valence-electron chi connectivity index (χ3n) is 5.90. The van der Waals surface area contributed by atoms with Crippen LogP contribution in [0, 0.1) is 0 Å². The number of aromatic hydroxyl groups is 1. The molecule has 0 radical (unpaired) electrons. The zero-order chi connectivity index (χ0) is 24.1. The fraction of sp³-hybridized carbons (Fsp3) is 0.375. The predicted molar refractivity (Wildman–Crippen MR) is 126 cm³/mol.